The van der Waals surface area contributed by atoms with Gasteiger partial charge in [0.05, 0.1) is 24.9 Å². The van der Waals surface area contributed by atoms with Crippen LogP contribution in [0.3, 0.4) is 0 Å². The molecule has 0 atom stereocenters. The number of benzene rings is 3. The number of hydrogen-bond donors (Lipinski definition) is 1. The molecular formula is C27H25ClN4O3. The Kier molecular flexibility index (Phi) is 5.57. The van der Waals surface area contributed by atoms with E-state index >= 15 is 0 Å². The van der Waals surface area contributed by atoms with Gasteiger partial charge in [0.2, 0.25) is 0 Å². The number of ether oxygens (including phenoxy) is 1. The van der Waals surface area contributed by atoms with Gasteiger partial charge in [0.1, 0.15) is 11.6 Å². The molecular weight excluding hydrogens is 464 g/mol. The molecule has 4 aromatic rings. The molecule has 0 saturated heterocycles. The van der Waals surface area contributed by atoms with E-state index in [2.05, 4.69) is 34.5 Å². The van der Waals surface area contributed by atoms with Gasteiger partial charge >= 0.3 is 6.09 Å². The predicted octanol–water partition coefficient (Wildman–Crippen LogP) is 6.17. The van der Waals surface area contributed by atoms with Crippen molar-refractivity contribution in [3.05, 3.63) is 82.9 Å². The van der Waals surface area contributed by atoms with Crippen molar-refractivity contribution in [2.45, 2.75) is 50.8 Å². The molecule has 1 saturated carbocycles. The molecule has 1 aliphatic heterocycles. The lowest BCUT2D eigenvalue weighted by atomic mass is 9.86. The number of aromatic nitrogens is 3. The highest BCUT2D eigenvalue weighted by Crippen LogP contribution is 2.37. The van der Waals surface area contributed by atoms with Gasteiger partial charge in [0, 0.05) is 10.9 Å². The summed E-state index contributed by atoms with van der Waals surface area (Å²) in [5, 5.41) is 21.6. The minimum atomic E-state index is -0.986. The first-order chi connectivity index (χ1) is 17.0. The van der Waals surface area contributed by atoms with Gasteiger partial charge in [-0.2, -0.15) is 0 Å². The zero-order valence-corrected chi connectivity index (χ0v) is 19.9. The standard InChI is InChI=1S/C27H25ClN4O3/c28-21-8-12-24-20(13-21)15-31(27(33)34)16-25-29-30-26(32(24)25)18-6-9-22(10-7-18)35-23-11-5-17-3-1-2-4-19(17)14-23/h1-5,8,11-14,18,22H,6-7,9-10,15-16H2,(H,33,34)/t18-,22-. The average Bonchev–Trinajstić information content (AvgIpc) is 3.20. The number of rotatable bonds is 3. The zero-order valence-electron chi connectivity index (χ0n) is 19.1. The van der Waals surface area contributed by atoms with Crippen molar-refractivity contribution in [1.29, 1.82) is 0 Å². The van der Waals surface area contributed by atoms with E-state index in [1.807, 2.05) is 41.0 Å². The minimum Gasteiger partial charge on any atom is -0.490 e. The van der Waals surface area contributed by atoms with Crippen molar-refractivity contribution in [1.82, 2.24) is 19.7 Å². The van der Waals surface area contributed by atoms with Gasteiger partial charge in [-0.15, -0.1) is 10.2 Å². The van der Waals surface area contributed by atoms with E-state index in [-0.39, 0.29) is 25.1 Å². The number of halogens is 1. The average molecular weight is 489 g/mol. The van der Waals surface area contributed by atoms with Crippen LogP contribution in [0.2, 0.25) is 5.02 Å². The second kappa shape index (κ2) is 8.89. The highest BCUT2D eigenvalue weighted by atomic mass is 35.5. The van der Waals surface area contributed by atoms with Gasteiger partial charge in [-0.25, -0.2) is 4.79 Å². The molecule has 178 valence electrons. The van der Waals surface area contributed by atoms with Crippen LogP contribution in [-0.2, 0) is 13.1 Å². The highest BCUT2D eigenvalue weighted by molar-refractivity contribution is 6.30. The molecule has 1 N–H and O–H groups in total. The van der Waals surface area contributed by atoms with Gasteiger partial charge in [-0.3, -0.25) is 9.47 Å². The van der Waals surface area contributed by atoms with E-state index in [0.29, 0.717) is 10.8 Å². The van der Waals surface area contributed by atoms with Crippen molar-refractivity contribution in [2.24, 2.45) is 0 Å². The van der Waals surface area contributed by atoms with Crippen LogP contribution in [0.4, 0.5) is 4.79 Å². The lowest BCUT2D eigenvalue weighted by Gasteiger charge is -2.29. The summed E-state index contributed by atoms with van der Waals surface area (Å²) in [4.78, 5) is 13.1. The maximum Gasteiger partial charge on any atom is 0.408 e. The first-order valence-corrected chi connectivity index (χ1v) is 12.3. The molecule has 7 nitrogen and oxygen atoms in total. The summed E-state index contributed by atoms with van der Waals surface area (Å²) in [5.74, 6) is 2.66. The van der Waals surface area contributed by atoms with Crippen LogP contribution in [-0.4, -0.2) is 37.0 Å². The van der Waals surface area contributed by atoms with Crippen molar-refractivity contribution < 1.29 is 14.6 Å². The Morgan fingerprint density at radius 1 is 0.943 bits per heavy atom. The molecule has 1 aliphatic carbocycles. The highest BCUT2D eigenvalue weighted by Gasteiger charge is 2.32. The third-order valence-electron chi connectivity index (χ3n) is 7.06. The second-order valence-corrected chi connectivity index (χ2v) is 9.76. The van der Waals surface area contributed by atoms with E-state index in [1.54, 1.807) is 0 Å². The maximum atomic E-state index is 11.8. The van der Waals surface area contributed by atoms with E-state index in [9.17, 15) is 9.90 Å². The van der Waals surface area contributed by atoms with Crippen molar-refractivity contribution in [3.63, 3.8) is 0 Å². The zero-order chi connectivity index (χ0) is 23.9. The van der Waals surface area contributed by atoms with Crippen LogP contribution in [0.5, 0.6) is 5.75 Å². The number of fused-ring (bicyclic) bond motifs is 4. The molecule has 1 aromatic heterocycles. The van der Waals surface area contributed by atoms with Gasteiger partial charge in [0.25, 0.3) is 0 Å². The Bertz CT molecular complexity index is 1410. The topological polar surface area (TPSA) is 80.5 Å². The normalized spacial score (nSPS) is 19.6. The van der Waals surface area contributed by atoms with E-state index in [1.165, 1.54) is 15.7 Å². The van der Waals surface area contributed by atoms with Crippen molar-refractivity contribution >= 4 is 28.5 Å². The van der Waals surface area contributed by atoms with Gasteiger partial charge in [-0.05, 0) is 72.4 Å². The van der Waals surface area contributed by atoms with Crippen LogP contribution in [0, 0.1) is 0 Å². The third kappa shape index (κ3) is 4.21. The van der Waals surface area contributed by atoms with Gasteiger partial charge < -0.3 is 9.84 Å². The van der Waals surface area contributed by atoms with E-state index < -0.39 is 6.09 Å². The summed E-state index contributed by atoms with van der Waals surface area (Å²) in [6.07, 6.45) is 2.89. The summed E-state index contributed by atoms with van der Waals surface area (Å²) < 4.78 is 8.39. The van der Waals surface area contributed by atoms with E-state index in [0.717, 1.165) is 48.5 Å². The first-order valence-electron chi connectivity index (χ1n) is 11.9. The summed E-state index contributed by atoms with van der Waals surface area (Å²) >= 11 is 6.24. The van der Waals surface area contributed by atoms with Crippen LogP contribution in [0.15, 0.2) is 60.7 Å². The molecule has 0 bridgehead atoms. The SMILES string of the molecule is O=C(O)N1Cc2cc(Cl)ccc2-n2c(nnc2[C@H]2CC[C@H](Oc3ccc4ccccc4c3)CC2)C1. The lowest BCUT2D eigenvalue weighted by molar-refractivity contribution is 0.138. The molecule has 0 spiro atoms. The summed E-state index contributed by atoms with van der Waals surface area (Å²) in [7, 11) is 0. The number of nitrogens with zero attached hydrogens (tertiary/aromatic N) is 4. The molecule has 35 heavy (non-hydrogen) atoms. The van der Waals surface area contributed by atoms with E-state index in [4.69, 9.17) is 16.3 Å². The van der Waals surface area contributed by atoms with Crippen molar-refractivity contribution in [2.75, 3.05) is 0 Å². The van der Waals surface area contributed by atoms with Crippen LogP contribution >= 0.6 is 11.6 Å². The smallest absolute Gasteiger partial charge is 0.408 e. The molecule has 6 rings (SSSR count). The Hall–Kier alpha value is -3.58. The van der Waals surface area contributed by atoms with Crippen molar-refractivity contribution in [3.8, 4) is 11.4 Å². The number of carbonyl (C=O) groups is 1. The Labute approximate surface area is 207 Å². The number of hydrogen-bond acceptors (Lipinski definition) is 4. The lowest BCUT2D eigenvalue weighted by Crippen LogP contribution is -2.28. The molecule has 2 heterocycles. The molecule has 2 aliphatic rings. The second-order valence-electron chi connectivity index (χ2n) is 9.32. The fraction of sp³-hybridized carbons (Fsp3) is 0.296. The first kappa shape index (κ1) is 21.9. The van der Waals surface area contributed by atoms with Crippen LogP contribution < -0.4 is 4.74 Å². The fourth-order valence-corrected chi connectivity index (χ4v) is 5.49. The van der Waals surface area contributed by atoms with Crippen LogP contribution in [0.1, 0.15) is 48.8 Å². The quantitative estimate of drug-likeness (QED) is 0.373. The molecule has 8 heteroatoms. The van der Waals surface area contributed by atoms with Gasteiger partial charge in [0.15, 0.2) is 5.82 Å². The summed E-state index contributed by atoms with van der Waals surface area (Å²) in [5.41, 5.74) is 1.76. The molecule has 1 amide bonds. The largest absolute Gasteiger partial charge is 0.490 e. The fourth-order valence-electron chi connectivity index (χ4n) is 5.30. The van der Waals surface area contributed by atoms with Gasteiger partial charge in [-0.1, -0.05) is 41.9 Å². The number of amides is 1. The molecule has 1 fully saturated rings. The Morgan fingerprint density at radius 2 is 1.74 bits per heavy atom. The summed E-state index contributed by atoms with van der Waals surface area (Å²) in [6.45, 7) is 0.454. The summed E-state index contributed by atoms with van der Waals surface area (Å²) in [6, 6.07) is 20.2. The Morgan fingerprint density at radius 3 is 2.54 bits per heavy atom. The number of carboxylic acid groups (broad SMARTS) is 1. The maximum absolute atomic E-state index is 11.8. The monoisotopic (exact) mass is 488 g/mol. The third-order valence-corrected chi connectivity index (χ3v) is 7.30. The van der Waals surface area contributed by atoms with Crippen LogP contribution in [0.25, 0.3) is 16.5 Å². The Balaban J connectivity index is 1.22. The molecule has 0 unspecified atom stereocenters. The predicted molar refractivity (Wildman–Crippen MR) is 133 cm³/mol. The minimum absolute atomic E-state index is 0.160. The molecule has 3 aromatic carbocycles. The molecule has 0 radical (unpaired) electrons.